The van der Waals surface area contributed by atoms with Gasteiger partial charge in [0, 0.05) is 21.5 Å². The second kappa shape index (κ2) is 11.2. The maximum atomic E-state index is 6.87. The first-order valence-electron chi connectivity index (χ1n) is 18.5. The lowest BCUT2D eigenvalue weighted by Crippen LogP contribution is -1.91. The van der Waals surface area contributed by atoms with E-state index in [0.717, 1.165) is 66.0 Å². The van der Waals surface area contributed by atoms with Crippen molar-refractivity contribution in [2.24, 2.45) is 0 Å². The molecule has 54 heavy (non-hydrogen) atoms. The summed E-state index contributed by atoms with van der Waals surface area (Å²) in [6.07, 6.45) is 0. The molecule has 12 aromatic rings. The largest absolute Gasteiger partial charge is 0.455 e. The van der Waals surface area contributed by atoms with E-state index in [0.29, 0.717) is 0 Å². The van der Waals surface area contributed by atoms with Gasteiger partial charge in [0.25, 0.3) is 0 Å². The molecule has 0 spiro atoms. The van der Waals surface area contributed by atoms with E-state index < -0.39 is 0 Å². The van der Waals surface area contributed by atoms with Gasteiger partial charge in [-0.1, -0.05) is 146 Å². The number of hydrogen-bond donors (Lipinski definition) is 0. The first-order chi connectivity index (χ1) is 26.8. The highest BCUT2D eigenvalue weighted by molar-refractivity contribution is 6.24. The summed E-state index contributed by atoms with van der Waals surface area (Å²) in [6, 6.07) is 65.6. The Morgan fingerprint density at radius 1 is 0.241 bits per heavy atom. The average molecular weight is 687 g/mol. The molecule has 2 heterocycles. The first-order valence-corrected chi connectivity index (χ1v) is 18.5. The highest BCUT2D eigenvalue weighted by Gasteiger charge is 2.23. The van der Waals surface area contributed by atoms with Gasteiger partial charge in [0.1, 0.15) is 22.3 Å². The maximum Gasteiger partial charge on any atom is 0.147 e. The summed E-state index contributed by atoms with van der Waals surface area (Å²) in [7, 11) is 0. The van der Waals surface area contributed by atoms with Crippen molar-refractivity contribution in [2.45, 2.75) is 0 Å². The van der Waals surface area contributed by atoms with Crippen molar-refractivity contribution >= 4 is 87.0 Å². The number of furan rings is 2. The van der Waals surface area contributed by atoms with E-state index in [9.17, 15) is 0 Å². The van der Waals surface area contributed by atoms with Gasteiger partial charge >= 0.3 is 0 Å². The fourth-order valence-electron chi connectivity index (χ4n) is 8.96. The van der Waals surface area contributed by atoms with Crippen molar-refractivity contribution in [3.8, 4) is 33.4 Å². The number of fused-ring (bicyclic) bond motifs is 10. The van der Waals surface area contributed by atoms with Crippen LogP contribution < -0.4 is 0 Å². The predicted molar refractivity (Wildman–Crippen MR) is 227 cm³/mol. The van der Waals surface area contributed by atoms with Crippen LogP contribution in [0.1, 0.15) is 0 Å². The van der Waals surface area contributed by atoms with Crippen LogP contribution in [0, 0.1) is 0 Å². The van der Waals surface area contributed by atoms with Gasteiger partial charge in [-0.25, -0.2) is 0 Å². The van der Waals surface area contributed by atoms with Gasteiger partial charge in [0.05, 0.1) is 5.56 Å². The number of rotatable bonds is 3. The molecule has 0 amide bonds. The summed E-state index contributed by atoms with van der Waals surface area (Å²) in [6.45, 7) is 0. The molecule has 0 unspecified atom stereocenters. The SMILES string of the molecule is c1cc(-c2c3ccccc3c(-c3ccc4ccccc4c3)c3ccccc23)cc(-c2c3oc4ccccc4c3cc3c2oc2cc4ccccc4cc23)c1. The Hall–Kier alpha value is -7.16. The average Bonchev–Trinajstić information content (AvgIpc) is 3.78. The van der Waals surface area contributed by atoms with Crippen LogP contribution in [0.5, 0.6) is 0 Å². The number of para-hydroxylation sites is 1. The Morgan fingerprint density at radius 2 is 0.722 bits per heavy atom. The van der Waals surface area contributed by atoms with Crippen molar-refractivity contribution in [3.05, 3.63) is 182 Å². The summed E-state index contributed by atoms with van der Waals surface area (Å²) < 4.78 is 13.6. The van der Waals surface area contributed by atoms with Crippen molar-refractivity contribution in [3.63, 3.8) is 0 Å². The summed E-state index contributed by atoms with van der Waals surface area (Å²) in [5.41, 5.74) is 10.3. The smallest absolute Gasteiger partial charge is 0.147 e. The van der Waals surface area contributed by atoms with Crippen molar-refractivity contribution in [1.29, 1.82) is 0 Å². The van der Waals surface area contributed by atoms with Crippen LogP contribution in [-0.4, -0.2) is 0 Å². The highest BCUT2D eigenvalue weighted by Crippen LogP contribution is 2.48. The van der Waals surface area contributed by atoms with Crippen LogP contribution in [0.15, 0.2) is 191 Å². The zero-order valence-electron chi connectivity index (χ0n) is 29.1. The third-order valence-electron chi connectivity index (χ3n) is 11.4. The second-order valence-electron chi connectivity index (χ2n) is 14.4. The Bertz CT molecular complexity index is 3450. The third-order valence-corrected chi connectivity index (χ3v) is 11.4. The Labute approximate surface area is 310 Å². The topological polar surface area (TPSA) is 26.3 Å². The third kappa shape index (κ3) is 4.22. The Morgan fingerprint density at radius 3 is 1.39 bits per heavy atom. The minimum atomic E-state index is 0.838. The molecule has 12 rings (SSSR count). The van der Waals surface area contributed by atoms with E-state index in [1.54, 1.807) is 0 Å². The van der Waals surface area contributed by atoms with Gasteiger partial charge in [-0.2, -0.15) is 0 Å². The van der Waals surface area contributed by atoms with Crippen LogP contribution in [0.25, 0.3) is 120 Å². The normalized spacial score (nSPS) is 12.1. The molecule has 2 nitrogen and oxygen atoms in total. The molecule has 0 N–H and O–H groups in total. The standard InChI is InChI=1S/C52H30O2/c1-2-13-32-26-37(25-24-31(32)12-1)49-41-21-7-5-19-39(41)48(40-20-6-8-22-42(40)49)35-16-11-17-36(27-35)50-51-44(38-18-9-10-23-46(38)53-51)30-45-43-28-33-14-3-4-15-34(33)29-47(43)54-52(45)50/h1-30H. The molecule has 0 atom stereocenters. The molecule has 0 saturated carbocycles. The molecule has 2 heteroatoms. The van der Waals surface area contributed by atoms with Crippen LogP contribution in [-0.2, 0) is 0 Å². The Kier molecular flexibility index (Phi) is 6.09. The second-order valence-corrected chi connectivity index (χ2v) is 14.4. The molecule has 0 bridgehead atoms. The van der Waals surface area contributed by atoms with Crippen molar-refractivity contribution < 1.29 is 8.83 Å². The van der Waals surface area contributed by atoms with E-state index in [1.807, 2.05) is 6.07 Å². The number of benzene rings is 10. The van der Waals surface area contributed by atoms with Crippen LogP contribution in [0.4, 0.5) is 0 Å². The zero-order valence-corrected chi connectivity index (χ0v) is 29.1. The molecule has 0 aliphatic carbocycles. The molecule has 0 fully saturated rings. The van der Waals surface area contributed by atoms with E-state index in [1.165, 1.54) is 54.4 Å². The Balaban J connectivity index is 1.15. The molecular formula is C52H30O2. The minimum absolute atomic E-state index is 0.838. The zero-order chi connectivity index (χ0) is 35.3. The fourth-order valence-corrected chi connectivity index (χ4v) is 8.96. The van der Waals surface area contributed by atoms with Gasteiger partial charge in [0.2, 0.25) is 0 Å². The lowest BCUT2D eigenvalue weighted by Gasteiger charge is -2.18. The van der Waals surface area contributed by atoms with Gasteiger partial charge in [-0.3, -0.25) is 0 Å². The summed E-state index contributed by atoms with van der Waals surface area (Å²) in [4.78, 5) is 0. The van der Waals surface area contributed by atoms with Gasteiger partial charge < -0.3 is 8.83 Å². The van der Waals surface area contributed by atoms with Gasteiger partial charge in [-0.05, 0) is 107 Å². The van der Waals surface area contributed by atoms with E-state index in [-0.39, 0.29) is 0 Å². The van der Waals surface area contributed by atoms with Gasteiger partial charge in [-0.15, -0.1) is 0 Å². The molecular weight excluding hydrogens is 657 g/mol. The quantitative estimate of drug-likeness (QED) is 0.173. The molecule has 0 aliphatic heterocycles. The monoisotopic (exact) mass is 686 g/mol. The predicted octanol–water partition coefficient (Wildman–Crippen LogP) is 15.1. The molecule has 0 radical (unpaired) electrons. The summed E-state index contributed by atoms with van der Waals surface area (Å²) in [5, 5.41) is 14.1. The van der Waals surface area contributed by atoms with E-state index in [2.05, 4.69) is 176 Å². The van der Waals surface area contributed by atoms with Crippen LogP contribution >= 0.6 is 0 Å². The molecule has 250 valence electrons. The van der Waals surface area contributed by atoms with Crippen molar-refractivity contribution in [1.82, 2.24) is 0 Å². The van der Waals surface area contributed by atoms with Crippen molar-refractivity contribution in [2.75, 3.05) is 0 Å². The molecule has 0 aliphatic rings. The van der Waals surface area contributed by atoms with Gasteiger partial charge in [0.15, 0.2) is 0 Å². The number of hydrogen-bond acceptors (Lipinski definition) is 2. The molecule has 10 aromatic carbocycles. The first kappa shape index (κ1) is 29.4. The summed E-state index contributed by atoms with van der Waals surface area (Å²) in [5.74, 6) is 0. The summed E-state index contributed by atoms with van der Waals surface area (Å²) >= 11 is 0. The highest BCUT2D eigenvalue weighted by atomic mass is 16.3. The fraction of sp³-hybridized carbons (Fsp3) is 0. The molecule has 2 aromatic heterocycles. The van der Waals surface area contributed by atoms with Crippen LogP contribution in [0.2, 0.25) is 0 Å². The lowest BCUT2D eigenvalue weighted by atomic mass is 9.85. The minimum Gasteiger partial charge on any atom is -0.455 e. The van der Waals surface area contributed by atoms with Crippen LogP contribution in [0.3, 0.4) is 0 Å². The van der Waals surface area contributed by atoms with E-state index >= 15 is 0 Å². The van der Waals surface area contributed by atoms with E-state index in [4.69, 9.17) is 8.83 Å². The molecule has 0 saturated heterocycles. The lowest BCUT2D eigenvalue weighted by molar-refractivity contribution is 0.658. The maximum absolute atomic E-state index is 6.87.